The molecule has 0 radical (unpaired) electrons. The first kappa shape index (κ1) is 18.8. The maximum Gasteiger partial charge on any atom is 0.189 e. The second kappa shape index (κ2) is 8.65. The summed E-state index contributed by atoms with van der Waals surface area (Å²) in [6.07, 6.45) is 3.35. The fourth-order valence-corrected chi connectivity index (χ4v) is 3.12. The van der Waals surface area contributed by atoms with Crippen molar-refractivity contribution in [3.63, 3.8) is 0 Å². The third kappa shape index (κ3) is 4.66. The smallest absolute Gasteiger partial charge is 0.189 e. The van der Waals surface area contributed by atoms with E-state index in [4.69, 9.17) is 14.2 Å². The Labute approximate surface area is 170 Å². The minimum absolute atomic E-state index is 0.105. The van der Waals surface area contributed by atoms with Gasteiger partial charge in [0.2, 0.25) is 0 Å². The molecule has 4 rings (SSSR count). The first-order chi connectivity index (χ1) is 14.2. The van der Waals surface area contributed by atoms with E-state index in [9.17, 15) is 4.79 Å². The van der Waals surface area contributed by atoms with Crippen molar-refractivity contribution in [3.8, 4) is 17.2 Å². The highest BCUT2D eigenvalue weighted by atomic mass is 16.6. The van der Waals surface area contributed by atoms with Gasteiger partial charge in [0.05, 0.1) is 5.56 Å². The number of carbonyl (C=O) groups is 1. The van der Waals surface area contributed by atoms with E-state index in [0.717, 1.165) is 22.4 Å². The lowest BCUT2D eigenvalue weighted by Gasteiger charge is -2.18. The molecule has 4 heteroatoms. The number of benzene rings is 3. The number of carbonyl (C=O) groups excluding carboxylic acids is 1. The van der Waals surface area contributed by atoms with Crippen LogP contribution in [0.5, 0.6) is 17.2 Å². The zero-order valence-corrected chi connectivity index (χ0v) is 16.3. The summed E-state index contributed by atoms with van der Waals surface area (Å²) < 4.78 is 17.1. The van der Waals surface area contributed by atoms with Gasteiger partial charge in [-0.25, -0.2) is 0 Å². The van der Waals surface area contributed by atoms with Crippen LogP contribution in [0.3, 0.4) is 0 Å². The van der Waals surface area contributed by atoms with Crippen LogP contribution in [0, 0.1) is 6.92 Å². The number of ether oxygens (including phenoxy) is 3. The molecule has 0 N–H and O–H groups in total. The summed E-state index contributed by atoms with van der Waals surface area (Å²) in [6.45, 7) is 3.46. The van der Waals surface area contributed by atoms with Crippen molar-refractivity contribution in [2.24, 2.45) is 0 Å². The van der Waals surface area contributed by atoms with Crippen LogP contribution in [0.25, 0.3) is 6.08 Å². The van der Waals surface area contributed by atoms with Gasteiger partial charge in [0.15, 0.2) is 17.3 Å². The van der Waals surface area contributed by atoms with Gasteiger partial charge in [0.1, 0.15) is 25.6 Å². The second-order valence-electron chi connectivity index (χ2n) is 6.87. The van der Waals surface area contributed by atoms with E-state index in [2.05, 4.69) is 0 Å². The van der Waals surface area contributed by atoms with E-state index in [1.165, 1.54) is 0 Å². The summed E-state index contributed by atoms with van der Waals surface area (Å²) in [5.41, 5.74) is 3.49. The molecule has 1 heterocycles. The molecule has 0 spiro atoms. The van der Waals surface area contributed by atoms with Crippen LogP contribution >= 0.6 is 0 Å². The molecule has 0 aromatic heterocycles. The van der Waals surface area contributed by atoms with Gasteiger partial charge in [-0.2, -0.15) is 0 Å². The standard InChI is InChI=1S/C25H22O4/c1-18-7-11-23(29-17-20-5-3-2-4-6-20)21(15-18)22(26)10-8-19-9-12-24-25(16-19)28-14-13-27-24/h2-12,15-16H,13-14,17H2,1H3. The molecule has 0 aliphatic carbocycles. The molecular weight excluding hydrogens is 364 g/mol. The molecule has 0 saturated carbocycles. The minimum atomic E-state index is -0.105. The highest BCUT2D eigenvalue weighted by Gasteiger charge is 2.13. The Balaban J connectivity index is 1.51. The molecule has 0 fully saturated rings. The van der Waals surface area contributed by atoms with E-state index in [-0.39, 0.29) is 5.78 Å². The highest BCUT2D eigenvalue weighted by molar-refractivity contribution is 6.08. The summed E-state index contributed by atoms with van der Waals surface area (Å²) in [5.74, 6) is 1.91. The molecule has 0 atom stereocenters. The normalized spacial score (nSPS) is 12.7. The van der Waals surface area contributed by atoms with Gasteiger partial charge in [0, 0.05) is 0 Å². The van der Waals surface area contributed by atoms with Crippen LogP contribution in [0.1, 0.15) is 27.0 Å². The van der Waals surface area contributed by atoms with Gasteiger partial charge in [-0.1, -0.05) is 54.1 Å². The van der Waals surface area contributed by atoms with Crippen LogP contribution in [0.4, 0.5) is 0 Å². The molecule has 1 aliphatic rings. The van der Waals surface area contributed by atoms with E-state index in [0.29, 0.717) is 36.9 Å². The quantitative estimate of drug-likeness (QED) is 0.429. The van der Waals surface area contributed by atoms with Gasteiger partial charge >= 0.3 is 0 Å². The first-order valence-electron chi connectivity index (χ1n) is 9.58. The van der Waals surface area contributed by atoms with Crippen molar-refractivity contribution in [2.75, 3.05) is 13.2 Å². The lowest BCUT2D eigenvalue weighted by molar-refractivity contribution is 0.104. The van der Waals surface area contributed by atoms with Crippen LogP contribution in [0.2, 0.25) is 0 Å². The van der Waals surface area contributed by atoms with Crippen molar-refractivity contribution in [1.29, 1.82) is 0 Å². The van der Waals surface area contributed by atoms with Crippen LogP contribution in [0.15, 0.2) is 72.8 Å². The zero-order valence-electron chi connectivity index (χ0n) is 16.3. The van der Waals surface area contributed by atoms with E-state index < -0.39 is 0 Å². The number of aryl methyl sites for hydroxylation is 1. The summed E-state index contributed by atoms with van der Waals surface area (Å²) in [6, 6.07) is 21.2. The molecule has 29 heavy (non-hydrogen) atoms. The van der Waals surface area contributed by atoms with Crippen LogP contribution < -0.4 is 14.2 Å². The molecule has 4 nitrogen and oxygen atoms in total. The Bertz CT molecular complexity index is 1040. The molecule has 0 saturated heterocycles. The maximum absolute atomic E-state index is 12.9. The lowest BCUT2D eigenvalue weighted by Crippen LogP contribution is -2.15. The Morgan fingerprint density at radius 2 is 1.76 bits per heavy atom. The van der Waals surface area contributed by atoms with Crippen molar-refractivity contribution in [2.45, 2.75) is 13.5 Å². The molecule has 0 unspecified atom stereocenters. The van der Waals surface area contributed by atoms with Gasteiger partial charge < -0.3 is 14.2 Å². The molecule has 0 bridgehead atoms. The summed E-state index contributed by atoms with van der Waals surface area (Å²) in [7, 11) is 0. The van der Waals surface area contributed by atoms with Gasteiger partial charge in [-0.05, 0) is 48.4 Å². The topological polar surface area (TPSA) is 44.8 Å². The average Bonchev–Trinajstić information content (AvgIpc) is 2.77. The number of hydrogen-bond donors (Lipinski definition) is 0. The Hall–Kier alpha value is -3.53. The van der Waals surface area contributed by atoms with Crippen molar-refractivity contribution in [1.82, 2.24) is 0 Å². The number of fused-ring (bicyclic) bond motifs is 1. The third-order valence-corrected chi connectivity index (χ3v) is 4.63. The lowest BCUT2D eigenvalue weighted by atomic mass is 10.0. The molecule has 3 aromatic carbocycles. The number of hydrogen-bond acceptors (Lipinski definition) is 4. The van der Waals surface area contributed by atoms with E-state index in [1.54, 1.807) is 12.2 Å². The van der Waals surface area contributed by atoms with Gasteiger partial charge in [-0.15, -0.1) is 0 Å². The molecule has 1 aliphatic heterocycles. The number of allylic oxidation sites excluding steroid dienone is 1. The van der Waals surface area contributed by atoms with Crippen LogP contribution in [-0.4, -0.2) is 19.0 Å². The first-order valence-corrected chi connectivity index (χ1v) is 9.58. The summed E-state index contributed by atoms with van der Waals surface area (Å²) >= 11 is 0. The molecular formula is C25H22O4. The largest absolute Gasteiger partial charge is 0.488 e. The van der Waals surface area contributed by atoms with Crippen LogP contribution in [-0.2, 0) is 6.61 Å². The van der Waals surface area contributed by atoms with Crippen molar-refractivity contribution >= 4 is 11.9 Å². The highest BCUT2D eigenvalue weighted by Crippen LogP contribution is 2.31. The predicted octanol–water partition coefficient (Wildman–Crippen LogP) is 5.24. The summed E-state index contributed by atoms with van der Waals surface area (Å²) in [4.78, 5) is 12.9. The SMILES string of the molecule is Cc1ccc(OCc2ccccc2)c(C(=O)C=Cc2ccc3c(c2)OCCO3)c1. The Morgan fingerprint density at radius 3 is 2.59 bits per heavy atom. The average molecular weight is 386 g/mol. The van der Waals surface area contributed by atoms with Crippen molar-refractivity contribution in [3.05, 3.63) is 95.1 Å². The number of ketones is 1. The van der Waals surface area contributed by atoms with E-state index >= 15 is 0 Å². The summed E-state index contributed by atoms with van der Waals surface area (Å²) in [5, 5.41) is 0. The number of rotatable bonds is 6. The fourth-order valence-electron chi connectivity index (χ4n) is 3.12. The van der Waals surface area contributed by atoms with Gasteiger partial charge in [-0.3, -0.25) is 4.79 Å². The predicted molar refractivity (Wildman–Crippen MR) is 113 cm³/mol. The van der Waals surface area contributed by atoms with Gasteiger partial charge in [0.25, 0.3) is 0 Å². The Morgan fingerprint density at radius 1 is 0.966 bits per heavy atom. The minimum Gasteiger partial charge on any atom is -0.488 e. The molecule has 146 valence electrons. The third-order valence-electron chi connectivity index (χ3n) is 4.63. The second-order valence-corrected chi connectivity index (χ2v) is 6.87. The van der Waals surface area contributed by atoms with Crippen molar-refractivity contribution < 1.29 is 19.0 Å². The monoisotopic (exact) mass is 386 g/mol. The maximum atomic E-state index is 12.9. The zero-order chi connectivity index (χ0) is 20.1. The molecule has 3 aromatic rings. The Kier molecular flexibility index (Phi) is 5.61. The molecule has 0 amide bonds. The fraction of sp³-hybridized carbons (Fsp3) is 0.160. The van der Waals surface area contributed by atoms with E-state index in [1.807, 2.05) is 73.7 Å².